The van der Waals surface area contributed by atoms with Gasteiger partial charge in [0.1, 0.15) is 11.9 Å². The molecule has 2 aromatic rings. The van der Waals surface area contributed by atoms with Crippen LogP contribution in [0.5, 0.6) is 5.75 Å². The van der Waals surface area contributed by atoms with Gasteiger partial charge in [0, 0.05) is 11.0 Å². The second-order valence-corrected chi connectivity index (χ2v) is 4.63. The van der Waals surface area contributed by atoms with E-state index in [1.165, 1.54) is 0 Å². The Bertz CT molecular complexity index is 473. The van der Waals surface area contributed by atoms with E-state index < -0.39 is 0 Å². The van der Waals surface area contributed by atoms with Gasteiger partial charge in [0.25, 0.3) is 0 Å². The summed E-state index contributed by atoms with van der Waals surface area (Å²) in [6.07, 6.45) is -0.106. The maximum Gasteiger partial charge on any atom is 0.136 e. The van der Waals surface area contributed by atoms with Crippen LogP contribution in [0.4, 0.5) is 0 Å². The summed E-state index contributed by atoms with van der Waals surface area (Å²) in [6, 6.07) is 17.8. The van der Waals surface area contributed by atoms with Crippen molar-refractivity contribution in [1.29, 1.82) is 0 Å². The Balaban J connectivity index is 2.16. The van der Waals surface area contributed by atoms with Crippen LogP contribution >= 0.6 is 15.9 Å². The van der Waals surface area contributed by atoms with Gasteiger partial charge in [-0.15, -0.1) is 0 Å². The molecular formula is C14H14BrNO. The second-order valence-electron chi connectivity index (χ2n) is 3.71. The Morgan fingerprint density at radius 2 is 1.82 bits per heavy atom. The van der Waals surface area contributed by atoms with Gasteiger partial charge in [-0.3, -0.25) is 0 Å². The van der Waals surface area contributed by atoms with Crippen LogP contribution in [0.15, 0.2) is 59.1 Å². The molecule has 0 aliphatic heterocycles. The van der Waals surface area contributed by atoms with Crippen molar-refractivity contribution in [2.45, 2.75) is 6.10 Å². The van der Waals surface area contributed by atoms with E-state index in [2.05, 4.69) is 15.9 Å². The minimum Gasteiger partial charge on any atom is -0.484 e. The Labute approximate surface area is 110 Å². The first-order valence-electron chi connectivity index (χ1n) is 5.47. The number of rotatable bonds is 4. The second kappa shape index (κ2) is 5.84. The molecule has 2 N–H and O–H groups in total. The molecule has 0 aliphatic carbocycles. The summed E-state index contributed by atoms with van der Waals surface area (Å²) in [5.74, 6) is 0.818. The van der Waals surface area contributed by atoms with E-state index >= 15 is 0 Å². The van der Waals surface area contributed by atoms with Gasteiger partial charge in [-0.25, -0.2) is 0 Å². The van der Waals surface area contributed by atoms with Crippen molar-refractivity contribution < 1.29 is 4.74 Å². The van der Waals surface area contributed by atoms with E-state index in [1.54, 1.807) is 0 Å². The van der Waals surface area contributed by atoms with Crippen LogP contribution in [0.25, 0.3) is 0 Å². The number of nitrogens with two attached hydrogens (primary N) is 1. The SMILES string of the molecule is NCC(Oc1cccc(Br)c1)c1ccccc1. The number of ether oxygens (including phenoxy) is 1. The van der Waals surface area contributed by atoms with E-state index in [0.29, 0.717) is 6.54 Å². The summed E-state index contributed by atoms with van der Waals surface area (Å²) in [4.78, 5) is 0. The molecule has 2 nitrogen and oxygen atoms in total. The predicted octanol–water partition coefficient (Wildman–Crippen LogP) is 3.53. The average Bonchev–Trinajstić information content (AvgIpc) is 2.37. The van der Waals surface area contributed by atoms with E-state index in [0.717, 1.165) is 15.8 Å². The summed E-state index contributed by atoms with van der Waals surface area (Å²) in [5.41, 5.74) is 6.85. The highest BCUT2D eigenvalue weighted by Crippen LogP contribution is 2.23. The van der Waals surface area contributed by atoms with Gasteiger partial charge >= 0.3 is 0 Å². The molecule has 2 rings (SSSR count). The molecule has 88 valence electrons. The lowest BCUT2D eigenvalue weighted by Gasteiger charge is -2.17. The first kappa shape index (κ1) is 12.1. The van der Waals surface area contributed by atoms with Crippen LogP contribution in [0.1, 0.15) is 11.7 Å². The highest BCUT2D eigenvalue weighted by molar-refractivity contribution is 9.10. The third-order valence-corrected chi connectivity index (χ3v) is 2.95. The molecule has 17 heavy (non-hydrogen) atoms. The molecule has 0 radical (unpaired) electrons. The van der Waals surface area contributed by atoms with E-state index in [-0.39, 0.29) is 6.10 Å². The lowest BCUT2D eigenvalue weighted by Crippen LogP contribution is -2.18. The Kier molecular flexibility index (Phi) is 4.18. The standard InChI is InChI=1S/C14H14BrNO/c15-12-7-4-8-13(9-12)17-14(10-16)11-5-2-1-3-6-11/h1-9,14H,10,16H2. The van der Waals surface area contributed by atoms with E-state index in [1.807, 2.05) is 54.6 Å². The molecule has 0 aromatic heterocycles. The van der Waals surface area contributed by atoms with Gasteiger partial charge in [-0.05, 0) is 23.8 Å². The predicted molar refractivity (Wildman–Crippen MR) is 73.0 cm³/mol. The van der Waals surface area contributed by atoms with Crippen molar-refractivity contribution in [2.75, 3.05) is 6.54 Å². The van der Waals surface area contributed by atoms with Crippen LogP contribution in [0.2, 0.25) is 0 Å². The largest absolute Gasteiger partial charge is 0.484 e. The first-order chi connectivity index (χ1) is 8.29. The molecule has 0 bridgehead atoms. The molecule has 0 amide bonds. The summed E-state index contributed by atoms with van der Waals surface area (Å²) in [5, 5.41) is 0. The van der Waals surface area contributed by atoms with Gasteiger partial charge in [-0.1, -0.05) is 52.3 Å². The molecule has 1 atom stereocenters. The number of halogens is 1. The minimum atomic E-state index is -0.106. The normalized spacial score (nSPS) is 12.1. The smallest absolute Gasteiger partial charge is 0.136 e. The fourth-order valence-corrected chi connectivity index (χ4v) is 2.00. The lowest BCUT2D eigenvalue weighted by molar-refractivity contribution is 0.214. The Morgan fingerprint density at radius 3 is 2.47 bits per heavy atom. The van der Waals surface area contributed by atoms with Gasteiger partial charge < -0.3 is 10.5 Å². The first-order valence-corrected chi connectivity index (χ1v) is 6.26. The molecule has 0 aliphatic rings. The van der Waals surface area contributed by atoms with Gasteiger partial charge in [0.05, 0.1) is 0 Å². The van der Waals surface area contributed by atoms with Gasteiger partial charge in [0.15, 0.2) is 0 Å². The quantitative estimate of drug-likeness (QED) is 0.935. The number of hydrogen-bond donors (Lipinski definition) is 1. The van der Waals surface area contributed by atoms with Crippen molar-refractivity contribution in [3.63, 3.8) is 0 Å². The molecule has 0 spiro atoms. The Morgan fingerprint density at radius 1 is 1.06 bits per heavy atom. The molecule has 0 fully saturated rings. The molecular weight excluding hydrogens is 278 g/mol. The zero-order valence-electron chi connectivity index (χ0n) is 9.34. The summed E-state index contributed by atoms with van der Waals surface area (Å²) in [6.45, 7) is 0.455. The fraction of sp³-hybridized carbons (Fsp3) is 0.143. The highest BCUT2D eigenvalue weighted by Gasteiger charge is 2.10. The van der Waals surface area contributed by atoms with Crippen molar-refractivity contribution in [3.05, 3.63) is 64.6 Å². The maximum absolute atomic E-state index is 5.88. The number of hydrogen-bond acceptors (Lipinski definition) is 2. The molecule has 2 aromatic carbocycles. The highest BCUT2D eigenvalue weighted by atomic mass is 79.9. The van der Waals surface area contributed by atoms with Crippen LogP contribution in [0.3, 0.4) is 0 Å². The molecule has 3 heteroatoms. The fourth-order valence-electron chi connectivity index (χ4n) is 1.62. The number of benzene rings is 2. The molecule has 0 saturated carbocycles. The van der Waals surface area contributed by atoms with Crippen molar-refractivity contribution >= 4 is 15.9 Å². The zero-order valence-corrected chi connectivity index (χ0v) is 10.9. The van der Waals surface area contributed by atoms with Crippen molar-refractivity contribution in [2.24, 2.45) is 5.73 Å². The third kappa shape index (κ3) is 3.32. The van der Waals surface area contributed by atoms with Crippen LogP contribution in [0, 0.1) is 0 Å². The van der Waals surface area contributed by atoms with Gasteiger partial charge in [0.2, 0.25) is 0 Å². The summed E-state index contributed by atoms with van der Waals surface area (Å²) < 4.78 is 6.87. The van der Waals surface area contributed by atoms with E-state index in [9.17, 15) is 0 Å². The molecule has 0 saturated heterocycles. The minimum absolute atomic E-state index is 0.106. The maximum atomic E-state index is 5.88. The Hall–Kier alpha value is -1.32. The summed E-state index contributed by atoms with van der Waals surface area (Å²) in [7, 11) is 0. The van der Waals surface area contributed by atoms with Crippen molar-refractivity contribution in [3.8, 4) is 5.75 Å². The van der Waals surface area contributed by atoms with Crippen molar-refractivity contribution in [1.82, 2.24) is 0 Å². The van der Waals surface area contributed by atoms with Crippen LogP contribution in [-0.2, 0) is 0 Å². The summed E-state index contributed by atoms with van der Waals surface area (Å²) >= 11 is 3.42. The lowest BCUT2D eigenvalue weighted by atomic mass is 10.1. The average molecular weight is 292 g/mol. The van der Waals surface area contributed by atoms with Gasteiger partial charge in [-0.2, -0.15) is 0 Å². The molecule has 0 heterocycles. The monoisotopic (exact) mass is 291 g/mol. The topological polar surface area (TPSA) is 35.2 Å². The van der Waals surface area contributed by atoms with E-state index in [4.69, 9.17) is 10.5 Å². The van der Waals surface area contributed by atoms with Crippen LogP contribution in [-0.4, -0.2) is 6.54 Å². The zero-order chi connectivity index (χ0) is 12.1. The van der Waals surface area contributed by atoms with Crippen LogP contribution < -0.4 is 10.5 Å². The third-order valence-electron chi connectivity index (χ3n) is 2.46. The molecule has 1 unspecified atom stereocenters.